The molecule has 1 aromatic rings. The van der Waals surface area contributed by atoms with E-state index >= 15 is 0 Å². The SMILES string of the molecule is CC(N)c1cc(F)ccc1OCC1CCCCC1. The van der Waals surface area contributed by atoms with Crippen molar-refractivity contribution in [2.45, 2.75) is 45.1 Å². The smallest absolute Gasteiger partial charge is 0.124 e. The zero-order chi connectivity index (χ0) is 13.0. The predicted molar refractivity (Wildman–Crippen MR) is 71.1 cm³/mol. The van der Waals surface area contributed by atoms with Gasteiger partial charge in [0, 0.05) is 11.6 Å². The summed E-state index contributed by atoms with van der Waals surface area (Å²) in [6.07, 6.45) is 6.44. The van der Waals surface area contributed by atoms with Crippen molar-refractivity contribution in [2.75, 3.05) is 6.61 Å². The monoisotopic (exact) mass is 251 g/mol. The molecular weight excluding hydrogens is 229 g/mol. The molecule has 0 amide bonds. The van der Waals surface area contributed by atoms with Gasteiger partial charge >= 0.3 is 0 Å². The highest BCUT2D eigenvalue weighted by molar-refractivity contribution is 5.36. The van der Waals surface area contributed by atoms with Crippen molar-refractivity contribution in [3.63, 3.8) is 0 Å². The molecule has 1 aliphatic carbocycles. The minimum Gasteiger partial charge on any atom is -0.493 e. The van der Waals surface area contributed by atoms with Crippen LogP contribution in [0.2, 0.25) is 0 Å². The topological polar surface area (TPSA) is 35.2 Å². The molecule has 2 rings (SSSR count). The summed E-state index contributed by atoms with van der Waals surface area (Å²) >= 11 is 0. The van der Waals surface area contributed by atoms with Crippen molar-refractivity contribution in [1.29, 1.82) is 0 Å². The molecule has 0 aliphatic heterocycles. The first kappa shape index (κ1) is 13.3. The normalized spacial score (nSPS) is 18.6. The molecule has 18 heavy (non-hydrogen) atoms. The maximum absolute atomic E-state index is 13.2. The summed E-state index contributed by atoms with van der Waals surface area (Å²) in [7, 11) is 0. The van der Waals surface area contributed by atoms with Gasteiger partial charge < -0.3 is 10.5 Å². The van der Waals surface area contributed by atoms with Gasteiger partial charge in [-0.3, -0.25) is 0 Å². The number of benzene rings is 1. The van der Waals surface area contributed by atoms with Crippen molar-refractivity contribution in [2.24, 2.45) is 11.7 Å². The lowest BCUT2D eigenvalue weighted by atomic mass is 9.90. The van der Waals surface area contributed by atoms with Gasteiger partial charge in [0.25, 0.3) is 0 Å². The molecule has 0 saturated heterocycles. The van der Waals surface area contributed by atoms with Gasteiger partial charge in [-0.1, -0.05) is 19.3 Å². The second-order valence-electron chi connectivity index (χ2n) is 5.29. The molecule has 1 atom stereocenters. The third-order valence-electron chi connectivity index (χ3n) is 3.66. The minimum absolute atomic E-state index is 0.206. The van der Waals surface area contributed by atoms with Crippen LogP contribution < -0.4 is 10.5 Å². The molecule has 1 aliphatic rings. The fourth-order valence-corrected chi connectivity index (χ4v) is 2.57. The largest absolute Gasteiger partial charge is 0.493 e. The Morgan fingerprint density at radius 1 is 1.33 bits per heavy atom. The summed E-state index contributed by atoms with van der Waals surface area (Å²) in [5, 5.41) is 0. The molecule has 1 aromatic carbocycles. The quantitative estimate of drug-likeness (QED) is 0.883. The Morgan fingerprint density at radius 3 is 2.72 bits per heavy atom. The van der Waals surface area contributed by atoms with E-state index in [0.29, 0.717) is 5.92 Å². The van der Waals surface area contributed by atoms with E-state index in [4.69, 9.17) is 10.5 Å². The third kappa shape index (κ3) is 3.45. The lowest BCUT2D eigenvalue weighted by Gasteiger charge is -2.23. The predicted octanol–water partition coefficient (Wildman–Crippen LogP) is 3.80. The Morgan fingerprint density at radius 2 is 2.06 bits per heavy atom. The molecule has 2 nitrogen and oxygen atoms in total. The van der Waals surface area contributed by atoms with Crippen LogP contribution in [0, 0.1) is 11.7 Å². The molecule has 2 N–H and O–H groups in total. The number of nitrogens with two attached hydrogens (primary N) is 1. The number of hydrogen-bond acceptors (Lipinski definition) is 2. The van der Waals surface area contributed by atoms with Crippen LogP contribution in [-0.4, -0.2) is 6.61 Å². The van der Waals surface area contributed by atoms with Crippen LogP contribution in [-0.2, 0) is 0 Å². The Balaban J connectivity index is 1.99. The average molecular weight is 251 g/mol. The average Bonchev–Trinajstić information content (AvgIpc) is 2.38. The van der Waals surface area contributed by atoms with Gasteiger partial charge in [-0.2, -0.15) is 0 Å². The van der Waals surface area contributed by atoms with E-state index in [1.807, 2.05) is 6.92 Å². The Bertz CT molecular complexity index is 386. The van der Waals surface area contributed by atoms with Crippen LogP contribution in [0.4, 0.5) is 4.39 Å². The van der Waals surface area contributed by atoms with Crippen LogP contribution in [0.1, 0.15) is 50.6 Å². The maximum Gasteiger partial charge on any atom is 0.124 e. The van der Waals surface area contributed by atoms with Gasteiger partial charge in [-0.15, -0.1) is 0 Å². The summed E-state index contributed by atoms with van der Waals surface area (Å²) in [6.45, 7) is 2.58. The Labute approximate surface area is 108 Å². The highest BCUT2D eigenvalue weighted by atomic mass is 19.1. The number of halogens is 1. The molecule has 3 heteroatoms. The molecule has 0 heterocycles. The van der Waals surface area contributed by atoms with Gasteiger partial charge in [0.05, 0.1) is 6.61 Å². The van der Waals surface area contributed by atoms with Gasteiger partial charge in [0.2, 0.25) is 0 Å². The van der Waals surface area contributed by atoms with Gasteiger partial charge in [0.15, 0.2) is 0 Å². The Hall–Kier alpha value is -1.09. The summed E-state index contributed by atoms with van der Waals surface area (Å²) in [5.41, 5.74) is 6.60. The van der Waals surface area contributed by atoms with Crippen molar-refractivity contribution in [1.82, 2.24) is 0 Å². The Kier molecular flexibility index (Phi) is 4.59. The van der Waals surface area contributed by atoms with Crippen LogP contribution in [0.25, 0.3) is 0 Å². The molecule has 0 spiro atoms. The zero-order valence-corrected chi connectivity index (χ0v) is 11.0. The first-order chi connectivity index (χ1) is 8.66. The lowest BCUT2D eigenvalue weighted by Crippen LogP contribution is -2.17. The van der Waals surface area contributed by atoms with Gasteiger partial charge in [-0.25, -0.2) is 4.39 Å². The van der Waals surface area contributed by atoms with E-state index in [1.54, 1.807) is 6.07 Å². The minimum atomic E-state index is -0.257. The highest BCUT2D eigenvalue weighted by Gasteiger charge is 2.16. The van der Waals surface area contributed by atoms with E-state index in [0.717, 1.165) is 17.9 Å². The zero-order valence-electron chi connectivity index (χ0n) is 11.0. The standard InChI is InChI=1S/C15H22FNO/c1-11(17)14-9-13(16)7-8-15(14)18-10-12-5-3-2-4-6-12/h7-9,11-12H,2-6,10,17H2,1H3. The lowest BCUT2D eigenvalue weighted by molar-refractivity contribution is 0.206. The van der Waals surface area contributed by atoms with Crippen LogP contribution in [0.5, 0.6) is 5.75 Å². The summed E-state index contributed by atoms with van der Waals surface area (Å²) in [6, 6.07) is 4.39. The highest BCUT2D eigenvalue weighted by Crippen LogP contribution is 2.28. The van der Waals surface area contributed by atoms with Crippen molar-refractivity contribution < 1.29 is 9.13 Å². The second-order valence-corrected chi connectivity index (χ2v) is 5.29. The second kappa shape index (κ2) is 6.19. The number of ether oxygens (including phenoxy) is 1. The molecule has 1 saturated carbocycles. The molecule has 0 aromatic heterocycles. The first-order valence-corrected chi connectivity index (χ1v) is 6.84. The van der Waals surface area contributed by atoms with Crippen LogP contribution in [0.3, 0.4) is 0 Å². The molecule has 0 radical (unpaired) electrons. The van der Waals surface area contributed by atoms with Crippen molar-refractivity contribution in [3.05, 3.63) is 29.6 Å². The summed E-state index contributed by atoms with van der Waals surface area (Å²) in [4.78, 5) is 0. The van der Waals surface area contributed by atoms with Crippen molar-refractivity contribution >= 4 is 0 Å². The van der Waals surface area contributed by atoms with Gasteiger partial charge in [0.1, 0.15) is 11.6 Å². The fraction of sp³-hybridized carbons (Fsp3) is 0.600. The first-order valence-electron chi connectivity index (χ1n) is 6.84. The van der Waals surface area contributed by atoms with E-state index < -0.39 is 0 Å². The summed E-state index contributed by atoms with van der Waals surface area (Å²) in [5.74, 6) is 1.12. The van der Waals surface area contributed by atoms with E-state index in [2.05, 4.69) is 0 Å². The summed E-state index contributed by atoms with van der Waals surface area (Å²) < 4.78 is 19.0. The van der Waals surface area contributed by atoms with Crippen molar-refractivity contribution in [3.8, 4) is 5.75 Å². The molecule has 100 valence electrons. The molecule has 1 fully saturated rings. The molecular formula is C15H22FNO. The molecule has 1 unspecified atom stereocenters. The third-order valence-corrected chi connectivity index (χ3v) is 3.66. The van der Waals surface area contributed by atoms with E-state index in [9.17, 15) is 4.39 Å². The van der Waals surface area contributed by atoms with Gasteiger partial charge in [-0.05, 0) is 43.9 Å². The van der Waals surface area contributed by atoms with Crippen LogP contribution >= 0.6 is 0 Å². The maximum atomic E-state index is 13.2. The van der Waals surface area contributed by atoms with E-state index in [-0.39, 0.29) is 11.9 Å². The fourth-order valence-electron chi connectivity index (χ4n) is 2.57. The molecule has 0 bridgehead atoms. The number of hydrogen-bond donors (Lipinski definition) is 1. The number of rotatable bonds is 4. The van der Waals surface area contributed by atoms with E-state index in [1.165, 1.54) is 44.2 Å². The van der Waals surface area contributed by atoms with Crippen LogP contribution in [0.15, 0.2) is 18.2 Å².